The van der Waals surface area contributed by atoms with Crippen molar-refractivity contribution in [1.29, 1.82) is 0 Å². The second kappa shape index (κ2) is 7.35. The van der Waals surface area contributed by atoms with Crippen LogP contribution < -0.4 is 5.32 Å². The Bertz CT molecular complexity index is 637. The van der Waals surface area contributed by atoms with Crippen molar-refractivity contribution in [3.8, 4) is 0 Å². The van der Waals surface area contributed by atoms with Crippen molar-refractivity contribution in [3.05, 3.63) is 22.2 Å². The SMILES string of the molecule is CC(O)(C(=O)Nc1ccc(S(=O)CCO)c(Cl)c1Cl)C(F)(F)F. The van der Waals surface area contributed by atoms with E-state index in [1.807, 2.05) is 5.32 Å². The van der Waals surface area contributed by atoms with E-state index in [0.717, 1.165) is 6.07 Å². The van der Waals surface area contributed by atoms with Gasteiger partial charge in [0.05, 0.1) is 43.8 Å². The maximum absolute atomic E-state index is 12.6. The van der Waals surface area contributed by atoms with Gasteiger partial charge < -0.3 is 15.5 Å². The molecule has 0 aliphatic rings. The summed E-state index contributed by atoms with van der Waals surface area (Å²) in [6.07, 6.45) is -5.18. The molecule has 0 heterocycles. The van der Waals surface area contributed by atoms with Crippen molar-refractivity contribution in [3.63, 3.8) is 0 Å². The molecule has 0 spiro atoms. The minimum Gasteiger partial charge on any atom is -0.395 e. The zero-order chi connectivity index (χ0) is 18.0. The highest BCUT2D eigenvalue weighted by molar-refractivity contribution is 7.85. The monoisotopic (exact) mass is 393 g/mol. The number of nitrogens with one attached hydrogen (secondary N) is 1. The molecule has 1 rings (SSSR count). The summed E-state index contributed by atoms with van der Waals surface area (Å²) >= 11 is 11.7. The third kappa shape index (κ3) is 4.36. The highest BCUT2D eigenvalue weighted by Gasteiger charge is 2.55. The van der Waals surface area contributed by atoms with Crippen LogP contribution in [0.15, 0.2) is 17.0 Å². The fourth-order valence-electron chi connectivity index (χ4n) is 1.37. The predicted octanol–water partition coefficient (Wildman–Crippen LogP) is 2.35. The van der Waals surface area contributed by atoms with Crippen LogP contribution in [0.25, 0.3) is 0 Å². The van der Waals surface area contributed by atoms with Gasteiger partial charge in [-0.2, -0.15) is 13.2 Å². The molecular formula is C12H12Cl2F3NO4S. The first kappa shape index (κ1) is 20.2. The smallest absolute Gasteiger partial charge is 0.395 e. The minimum absolute atomic E-state index is 0.0614. The number of hydrogen-bond donors (Lipinski definition) is 3. The molecular weight excluding hydrogens is 382 g/mol. The van der Waals surface area contributed by atoms with Crippen LogP contribution in [0.4, 0.5) is 18.9 Å². The average Bonchev–Trinajstić information content (AvgIpc) is 2.42. The summed E-state index contributed by atoms with van der Waals surface area (Å²) in [5.41, 5.74) is -3.91. The van der Waals surface area contributed by atoms with Gasteiger partial charge in [0.1, 0.15) is 0 Å². The minimum atomic E-state index is -5.18. The van der Waals surface area contributed by atoms with Crippen LogP contribution in [0.1, 0.15) is 6.92 Å². The Morgan fingerprint density at radius 3 is 2.35 bits per heavy atom. The molecule has 0 saturated carbocycles. The topological polar surface area (TPSA) is 86.6 Å². The van der Waals surface area contributed by atoms with Crippen LogP contribution in [0, 0.1) is 0 Å². The van der Waals surface area contributed by atoms with E-state index in [1.165, 1.54) is 6.07 Å². The van der Waals surface area contributed by atoms with Crippen molar-refractivity contribution < 1.29 is 32.4 Å². The van der Waals surface area contributed by atoms with E-state index in [9.17, 15) is 27.3 Å². The molecule has 3 N–H and O–H groups in total. The van der Waals surface area contributed by atoms with Crippen molar-refractivity contribution in [2.24, 2.45) is 0 Å². The van der Waals surface area contributed by atoms with E-state index >= 15 is 0 Å². The highest BCUT2D eigenvalue weighted by atomic mass is 35.5. The third-order valence-electron chi connectivity index (χ3n) is 2.81. The zero-order valence-corrected chi connectivity index (χ0v) is 13.9. The largest absolute Gasteiger partial charge is 0.426 e. The number of carbonyl (C=O) groups is 1. The lowest BCUT2D eigenvalue weighted by molar-refractivity contribution is -0.242. The van der Waals surface area contributed by atoms with Gasteiger partial charge in [0, 0.05) is 0 Å². The second-order valence-electron chi connectivity index (χ2n) is 4.54. The van der Waals surface area contributed by atoms with Crippen molar-refractivity contribution in [1.82, 2.24) is 0 Å². The molecule has 0 radical (unpaired) electrons. The van der Waals surface area contributed by atoms with E-state index in [0.29, 0.717) is 6.92 Å². The number of aliphatic hydroxyl groups excluding tert-OH is 1. The molecule has 11 heteroatoms. The van der Waals surface area contributed by atoms with Crippen LogP contribution in [0.3, 0.4) is 0 Å². The summed E-state index contributed by atoms with van der Waals surface area (Å²) in [6, 6.07) is 2.29. The summed E-state index contributed by atoms with van der Waals surface area (Å²) in [4.78, 5) is 11.7. The molecule has 2 unspecified atom stereocenters. The van der Waals surface area contributed by atoms with Crippen LogP contribution in [0.2, 0.25) is 10.0 Å². The van der Waals surface area contributed by atoms with Gasteiger partial charge in [-0.15, -0.1) is 0 Å². The Morgan fingerprint density at radius 1 is 1.30 bits per heavy atom. The number of anilines is 1. The maximum Gasteiger partial charge on any atom is 0.426 e. The maximum atomic E-state index is 12.6. The van der Waals surface area contributed by atoms with Gasteiger partial charge in [-0.3, -0.25) is 9.00 Å². The Balaban J connectivity index is 3.11. The molecule has 2 atom stereocenters. The van der Waals surface area contributed by atoms with Crippen LogP contribution >= 0.6 is 23.2 Å². The van der Waals surface area contributed by atoms with E-state index in [-0.39, 0.29) is 33.0 Å². The van der Waals surface area contributed by atoms with Crippen molar-refractivity contribution >= 4 is 45.6 Å². The van der Waals surface area contributed by atoms with E-state index < -0.39 is 28.5 Å². The van der Waals surface area contributed by atoms with Gasteiger partial charge in [-0.05, 0) is 19.1 Å². The Hall–Kier alpha value is -0.870. The molecule has 0 aliphatic carbocycles. The van der Waals surface area contributed by atoms with Crippen LogP contribution in [-0.4, -0.2) is 44.5 Å². The molecule has 1 amide bonds. The van der Waals surface area contributed by atoms with Gasteiger partial charge in [0.15, 0.2) is 0 Å². The number of benzene rings is 1. The Morgan fingerprint density at radius 2 is 1.87 bits per heavy atom. The average molecular weight is 394 g/mol. The number of carbonyl (C=O) groups excluding carboxylic acids is 1. The summed E-state index contributed by atoms with van der Waals surface area (Å²) < 4.78 is 49.5. The molecule has 1 aromatic rings. The molecule has 1 aromatic carbocycles. The van der Waals surface area contributed by atoms with E-state index in [1.54, 1.807) is 0 Å². The van der Waals surface area contributed by atoms with E-state index in [4.69, 9.17) is 28.3 Å². The van der Waals surface area contributed by atoms with Gasteiger partial charge in [0.25, 0.3) is 5.91 Å². The number of hydrogen-bond acceptors (Lipinski definition) is 4. The third-order valence-corrected chi connectivity index (χ3v) is 5.19. The summed E-state index contributed by atoms with van der Waals surface area (Å²) in [6.45, 7) is -0.0734. The fourth-order valence-corrected chi connectivity index (χ4v) is 2.97. The first-order chi connectivity index (χ1) is 10.4. The van der Waals surface area contributed by atoms with Gasteiger partial charge >= 0.3 is 6.18 Å². The lowest BCUT2D eigenvalue weighted by atomic mass is 10.1. The van der Waals surface area contributed by atoms with Crippen molar-refractivity contribution in [2.75, 3.05) is 17.7 Å². The van der Waals surface area contributed by atoms with Crippen LogP contribution in [-0.2, 0) is 15.6 Å². The molecule has 130 valence electrons. The van der Waals surface area contributed by atoms with Gasteiger partial charge in [-0.1, -0.05) is 23.2 Å². The van der Waals surface area contributed by atoms with Gasteiger partial charge in [0.2, 0.25) is 5.60 Å². The quantitative estimate of drug-likeness (QED) is 0.716. The summed E-state index contributed by atoms with van der Waals surface area (Å²) in [5.74, 6) is -1.85. The zero-order valence-electron chi connectivity index (χ0n) is 11.6. The van der Waals surface area contributed by atoms with Gasteiger partial charge in [-0.25, -0.2) is 0 Å². The lowest BCUT2D eigenvalue weighted by Gasteiger charge is -2.25. The molecule has 0 aromatic heterocycles. The molecule has 5 nitrogen and oxygen atoms in total. The summed E-state index contributed by atoms with van der Waals surface area (Å²) in [5, 5.41) is 19.3. The summed E-state index contributed by atoms with van der Waals surface area (Å²) in [7, 11) is -1.67. The molecule has 0 aliphatic heterocycles. The predicted molar refractivity (Wildman–Crippen MR) is 80.1 cm³/mol. The fraction of sp³-hybridized carbons (Fsp3) is 0.417. The number of halogens is 5. The lowest BCUT2D eigenvalue weighted by Crippen LogP contribution is -2.52. The molecule has 0 saturated heterocycles. The van der Waals surface area contributed by atoms with Crippen LogP contribution in [0.5, 0.6) is 0 Å². The van der Waals surface area contributed by atoms with Crippen molar-refractivity contribution in [2.45, 2.75) is 23.6 Å². The number of rotatable bonds is 5. The number of alkyl halides is 3. The molecule has 23 heavy (non-hydrogen) atoms. The van der Waals surface area contributed by atoms with E-state index in [2.05, 4.69) is 0 Å². The molecule has 0 fully saturated rings. The second-order valence-corrected chi connectivity index (χ2v) is 6.83. The Kier molecular flexibility index (Phi) is 6.45. The standard InChI is InChI=1S/C12H12Cl2F3NO4S/c1-11(21,12(15,16)17)10(20)18-6-2-3-7(9(14)8(6)13)23(22)5-4-19/h2-3,19,21H,4-5H2,1H3,(H,18,20). The normalized spacial score (nSPS) is 15.8. The highest BCUT2D eigenvalue weighted by Crippen LogP contribution is 2.36. The first-order valence-corrected chi connectivity index (χ1v) is 8.08. The number of amides is 1. The first-order valence-electron chi connectivity index (χ1n) is 6.01. The number of aliphatic hydroxyl groups is 2. The molecule has 0 bridgehead atoms. The Labute approximate surface area is 141 Å².